The number of ether oxygens (including phenoxy) is 2. The van der Waals surface area contributed by atoms with E-state index in [4.69, 9.17) is 9.47 Å². The van der Waals surface area contributed by atoms with Gasteiger partial charge in [-0.1, -0.05) is 0 Å². The molecule has 0 saturated heterocycles. The molecule has 0 fully saturated rings. The Morgan fingerprint density at radius 1 is 1.17 bits per heavy atom. The number of carbonyl (C=O) groups is 2. The van der Waals surface area contributed by atoms with Gasteiger partial charge in [0.2, 0.25) is 0 Å². The molecule has 0 spiro atoms. The summed E-state index contributed by atoms with van der Waals surface area (Å²) in [6, 6.07) is 8.69. The van der Waals surface area contributed by atoms with Crippen LogP contribution in [0.5, 0.6) is 5.75 Å². The second-order valence-electron chi connectivity index (χ2n) is 5.09. The molecule has 2 aromatic rings. The fourth-order valence-corrected chi connectivity index (χ4v) is 2.94. The molecule has 0 bridgehead atoms. The Morgan fingerprint density at radius 3 is 2.35 bits per heavy atom. The molecule has 0 aliphatic rings. The summed E-state index contributed by atoms with van der Waals surface area (Å²) in [5.74, 6) is -0.164. The van der Waals surface area contributed by atoms with Gasteiger partial charge in [0, 0.05) is 15.4 Å². The maximum absolute atomic E-state index is 12.1. The first-order valence-corrected chi connectivity index (χ1v) is 7.95. The second kappa shape index (κ2) is 7.28. The summed E-state index contributed by atoms with van der Waals surface area (Å²) in [4.78, 5) is 26.1. The molecule has 0 saturated carbocycles. The van der Waals surface area contributed by atoms with Gasteiger partial charge in [-0.2, -0.15) is 0 Å². The first-order chi connectivity index (χ1) is 10.9. The molecule has 5 nitrogen and oxygen atoms in total. The van der Waals surface area contributed by atoms with Crippen molar-refractivity contribution in [2.45, 2.75) is 26.9 Å². The molecule has 0 radical (unpaired) electrons. The Kier molecular flexibility index (Phi) is 5.39. The lowest BCUT2D eigenvalue weighted by Crippen LogP contribution is -2.30. The van der Waals surface area contributed by atoms with Crippen molar-refractivity contribution in [2.75, 3.05) is 12.4 Å². The van der Waals surface area contributed by atoms with Gasteiger partial charge >= 0.3 is 5.97 Å². The number of methoxy groups -OCH3 is 1. The van der Waals surface area contributed by atoms with Gasteiger partial charge in [-0.3, -0.25) is 4.79 Å². The standard InChI is InChI=1S/C17H19NO4S/c1-10-9-15(12(3)23-10)17(20)22-11(2)16(19)18-13-5-7-14(21-4)8-6-13/h5-9,11H,1-4H3,(H,18,19)/t11-/m1/s1. The highest BCUT2D eigenvalue weighted by molar-refractivity contribution is 7.12. The average molecular weight is 333 g/mol. The highest BCUT2D eigenvalue weighted by atomic mass is 32.1. The number of carbonyl (C=O) groups excluding carboxylic acids is 2. The lowest BCUT2D eigenvalue weighted by molar-refractivity contribution is -0.123. The summed E-state index contributed by atoms with van der Waals surface area (Å²) in [6.45, 7) is 5.33. The largest absolute Gasteiger partial charge is 0.497 e. The molecule has 1 aromatic carbocycles. The van der Waals surface area contributed by atoms with Crippen molar-refractivity contribution in [3.05, 3.63) is 45.6 Å². The predicted molar refractivity (Wildman–Crippen MR) is 90.3 cm³/mol. The molecule has 0 aliphatic carbocycles. The Hall–Kier alpha value is -2.34. The SMILES string of the molecule is COc1ccc(NC(=O)[C@@H](C)OC(=O)c2cc(C)sc2C)cc1. The van der Waals surface area contributed by atoms with Gasteiger partial charge in [0.15, 0.2) is 6.10 Å². The predicted octanol–water partition coefficient (Wildman–Crippen LogP) is 3.56. The molecule has 1 aromatic heterocycles. The Bertz CT molecular complexity index is 706. The topological polar surface area (TPSA) is 64.6 Å². The third-order valence-electron chi connectivity index (χ3n) is 3.27. The normalized spacial score (nSPS) is 11.7. The summed E-state index contributed by atoms with van der Waals surface area (Å²) >= 11 is 1.53. The van der Waals surface area contributed by atoms with E-state index in [0.29, 0.717) is 17.0 Å². The van der Waals surface area contributed by atoms with Crippen LogP contribution in [-0.2, 0) is 9.53 Å². The smallest absolute Gasteiger partial charge is 0.340 e. The summed E-state index contributed by atoms with van der Waals surface area (Å²) in [6.07, 6.45) is -0.885. The van der Waals surface area contributed by atoms with Crippen LogP contribution in [0.4, 0.5) is 5.69 Å². The van der Waals surface area contributed by atoms with Crippen molar-refractivity contribution < 1.29 is 19.1 Å². The van der Waals surface area contributed by atoms with Crippen LogP contribution in [0.3, 0.4) is 0 Å². The van der Waals surface area contributed by atoms with Crippen molar-refractivity contribution in [1.29, 1.82) is 0 Å². The fourth-order valence-electron chi connectivity index (χ4n) is 2.03. The van der Waals surface area contributed by atoms with Crippen LogP contribution in [0.1, 0.15) is 27.0 Å². The molecule has 122 valence electrons. The monoisotopic (exact) mass is 333 g/mol. The van der Waals surface area contributed by atoms with Gasteiger partial charge in [-0.25, -0.2) is 4.79 Å². The number of thiophene rings is 1. The molecule has 1 N–H and O–H groups in total. The van der Waals surface area contributed by atoms with Gasteiger partial charge in [-0.05, 0) is 51.1 Å². The second-order valence-corrected chi connectivity index (χ2v) is 6.55. The zero-order valence-electron chi connectivity index (χ0n) is 13.5. The number of hydrogen-bond donors (Lipinski definition) is 1. The van der Waals surface area contributed by atoms with Crippen LogP contribution in [-0.4, -0.2) is 25.1 Å². The number of nitrogens with one attached hydrogen (secondary N) is 1. The van der Waals surface area contributed by atoms with Crippen LogP contribution < -0.4 is 10.1 Å². The Balaban J connectivity index is 1.96. The number of amides is 1. The van der Waals surface area contributed by atoms with Crippen LogP contribution in [0.2, 0.25) is 0 Å². The van der Waals surface area contributed by atoms with E-state index in [-0.39, 0.29) is 5.91 Å². The van der Waals surface area contributed by atoms with E-state index in [1.807, 2.05) is 13.8 Å². The van der Waals surface area contributed by atoms with Gasteiger partial charge in [0.25, 0.3) is 5.91 Å². The van der Waals surface area contributed by atoms with E-state index in [0.717, 1.165) is 9.75 Å². The van der Waals surface area contributed by atoms with Gasteiger partial charge in [0.05, 0.1) is 12.7 Å². The van der Waals surface area contributed by atoms with Crippen molar-refractivity contribution >= 4 is 28.9 Å². The summed E-state index contributed by atoms with van der Waals surface area (Å²) in [5, 5.41) is 2.70. The minimum atomic E-state index is -0.885. The number of rotatable bonds is 5. The Labute approximate surface area is 139 Å². The zero-order chi connectivity index (χ0) is 17.0. The molecule has 2 rings (SSSR count). The number of aryl methyl sites for hydroxylation is 2. The van der Waals surface area contributed by atoms with Gasteiger partial charge in [0.1, 0.15) is 5.75 Å². The van der Waals surface area contributed by atoms with E-state index in [1.54, 1.807) is 44.4 Å². The van der Waals surface area contributed by atoms with Crippen LogP contribution in [0, 0.1) is 13.8 Å². The maximum Gasteiger partial charge on any atom is 0.340 e. The summed E-state index contributed by atoms with van der Waals surface area (Å²) < 4.78 is 10.3. The van der Waals surface area contributed by atoms with E-state index in [9.17, 15) is 9.59 Å². The molecule has 1 atom stereocenters. The number of anilines is 1. The summed E-state index contributed by atoms with van der Waals surface area (Å²) in [5.41, 5.74) is 1.12. The lowest BCUT2D eigenvalue weighted by atomic mass is 10.2. The molecule has 1 amide bonds. The molecule has 23 heavy (non-hydrogen) atoms. The fraction of sp³-hybridized carbons (Fsp3) is 0.294. The van der Waals surface area contributed by atoms with Gasteiger partial charge < -0.3 is 14.8 Å². The average Bonchev–Trinajstić information content (AvgIpc) is 2.86. The van der Waals surface area contributed by atoms with Crippen molar-refractivity contribution in [2.24, 2.45) is 0 Å². The number of esters is 1. The first-order valence-electron chi connectivity index (χ1n) is 7.13. The summed E-state index contributed by atoms with van der Waals surface area (Å²) in [7, 11) is 1.57. The zero-order valence-corrected chi connectivity index (χ0v) is 14.3. The van der Waals surface area contributed by atoms with Crippen LogP contribution >= 0.6 is 11.3 Å². The molecular formula is C17H19NO4S. The van der Waals surface area contributed by atoms with E-state index in [2.05, 4.69) is 5.32 Å². The first kappa shape index (κ1) is 17.0. The van der Waals surface area contributed by atoms with E-state index < -0.39 is 12.1 Å². The molecule has 1 heterocycles. The van der Waals surface area contributed by atoms with Crippen molar-refractivity contribution in [3.63, 3.8) is 0 Å². The quantitative estimate of drug-likeness (QED) is 0.850. The van der Waals surface area contributed by atoms with E-state index in [1.165, 1.54) is 11.3 Å². The minimum absolute atomic E-state index is 0.381. The molecule has 0 unspecified atom stereocenters. The lowest BCUT2D eigenvalue weighted by Gasteiger charge is -2.13. The molecule has 0 aliphatic heterocycles. The highest BCUT2D eigenvalue weighted by Gasteiger charge is 2.21. The van der Waals surface area contributed by atoms with Crippen LogP contribution in [0.15, 0.2) is 30.3 Å². The minimum Gasteiger partial charge on any atom is -0.497 e. The number of hydrogen-bond acceptors (Lipinski definition) is 5. The van der Waals surface area contributed by atoms with E-state index >= 15 is 0 Å². The van der Waals surface area contributed by atoms with Crippen molar-refractivity contribution in [3.8, 4) is 5.75 Å². The van der Waals surface area contributed by atoms with Crippen LogP contribution in [0.25, 0.3) is 0 Å². The third kappa shape index (κ3) is 4.32. The van der Waals surface area contributed by atoms with Crippen molar-refractivity contribution in [1.82, 2.24) is 0 Å². The van der Waals surface area contributed by atoms with Gasteiger partial charge in [-0.15, -0.1) is 11.3 Å². The number of benzene rings is 1. The third-order valence-corrected chi connectivity index (χ3v) is 4.24. The maximum atomic E-state index is 12.1. The Morgan fingerprint density at radius 2 is 1.83 bits per heavy atom. The highest BCUT2D eigenvalue weighted by Crippen LogP contribution is 2.22. The molecular weight excluding hydrogens is 314 g/mol. The molecule has 6 heteroatoms.